The Bertz CT molecular complexity index is 2460. The highest BCUT2D eigenvalue weighted by Gasteiger charge is 2.51. The van der Waals surface area contributed by atoms with Crippen LogP contribution >= 0.6 is 0 Å². The van der Waals surface area contributed by atoms with Gasteiger partial charge in [0.15, 0.2) is 0 Å². The zero-order chi connectivity index (χ0) is 34.9. The second kappa shape index (κ2) is 10.2. The van der Waals surface area contributed by atoms with E-state index in [0.717, 1.165) is 11.4 Å². The molecule has 10 rings (SSSR count). The van der Waals surface area contributed by atoms with Crippen molar-refractivity contribution in [3.05, 3.63) is 179 Å². The van der Waals surface area contributed by atoms with Crippen molar-refractivity contribution < 1.29 is 0 Å². The normalized spacial score (nSPS) is 16.5. The van der Waals surface area contributed by atoms with Gasteiger partial charge in [-0.1, -0.05) is 145 Å². The summed E-state index contributed by atoms with van der Waals surface area (Å²) in [4.78, 5) is 5.10. The maximum Gasteiger partial charge on any atom is 0.0545 e. The third-order valence-electron chi connectivity index (χ3n) is 12.4. The predicted octanol–water partition coefficient (Wildman–Crippen LogP) is 13.4. The Kier molecular flexibility index (Phi) is 6.07. The molecule has 0 aromatic heterocycles. The van der Waals surface area contributed by atoms with Gasteiger partial charge in [-0.25, -0.2) is 0 Å². The average molecular weight is 659 g/mol. The fourth-order valence-electron chi connectivity index (χ4n) is 9.50. The van der Waals surface area contributed by atoms with E-state index in [1.54, 1.807) is 0 Å². The minimum absolute atomic E-state index is 0.0998. The molecule has 0 bridgehead atoms. The molecule has 0 spiro atoms. The summed E-state index contributed by atoms with van der Waals surface area (Å²) in [7, 11) is 0. The van der Waals surface area contributed by atoms with Gasteiger partial charge in [-0.15, -0.1) is 0 Å². The molecule has 3 aliphatic rings. The fourth-order valence-corrected chi connectivity index (χ4v) is 9.50. The van der Waals surface area contributed by atoms with Crippen LogP contribution in [0.1, 0.15) is 74.9 Å². The van der Waals surface area contributed by atoms with E-state index in [2.05, 4.69) is 197 Å². The first-order valence-corrected chi connectivity index (χ1v) is 18.3. The monoisotopic (exact) mass is 658 g/mol. The Hall–Kier alpha value is -5.60. The standard InChI is InChI=1S/C49H42N2/c1-47(2)38-18-12-20-40-44(38)51-45-39(47)19-13-21-41(45)49(5,6)43-30-37(29-42(46(43)51)48(40,3)4)50(35-16-8-7-9-17-35)36-26-24-32(25-27-36)34-23-22-31-14-10-11-15-33(31)28-34/h7-30H,1-6H3. The van der Waals surface area contributed by atoms with Gasteiger partial charge in [0.25, 0.3) is 0 Å². The Labute approximate surface area is 301 Å². The van der Waals surface area contributed by atoms with E-state index in [0.29, 0.717) is 0 Å². The van der Waals surface area contributed by atoms with Crippen molar-refractivity contribution in [3.8, 4) is 11.1 Å². The lowest BCUT2D eigenvalue weighted by Gasteiger charge is -2.55. The van der Waals surface area contributed by atoms with Gasteiger partial charge in [-0.3, -0.25) is 0 Å². The first-order valence-electron chi connectivity index (χ1n) is 18.3. The van der Waals surface area contributed by atoms with E-state index in [-0.39, 0.29) is 16.2 Å². The maximum absolute atomic E-state index is 2.65. The number of benzene rings is 7. The molecule has 0 saturated heterocycles. The summed E-state index contributed by atoms with van der Waals surface area (Å²) in [5.74, 6) is 0. The average Bonchev–Trinajstić information content (AvgIpc) is 3.14. The molecule has 0 saturated carbocycles. The van der Waals surface area contributed by atoms with Crippen LogP contribution in [-0.4, -0.2) is 0 Å². The summed E-state index contributed by atoms with van der Waals surface area (Å²) >= 11 is 0. The molecule has 7 aromatic carbocycles. The molecule has 3 heterocycles. The van der Waals surface area contributed by atoms with Crippen molar-refractivity contribution in [1.82, 2.24) is 0 Å². The van der Waals surface area contributed by atoms with Crippen LogP contribution < -0.4 is 9.80 Å². The quantitative estimate of drug-likeness (QED) is 0.186. The molecule has 0 radical (unpaired) electrons. The van der Waals surface area contributed by atoms with Crippen LogP contribution in [0.15, 0.2) is 146 Å². The number of fused-ring (bicyclic) bond motifs is 1. The second-order valence-electron chi connectivity index (χ2n) is 16.3. The zero-order valence-corrected chi connectivity index (χ0v) is 30.3. The minimum Gasteiger partial charge on any atom is -0.310 e. The Balaban J connectivity index is 1.20. The number of para-hydroxylation sites is 3. The molecule has 0 N–H and O–H groups in total. The molecule has 248 valence electrons. The SMILES string of the molecule is CC1(C)c2cccc3c2N2c4c1cccc4C(C)(C)c1cc(N(c4ccccc4)c4ccc(-c5ccc6ccccc6c5)cc4)cc(c12)C3(C)C. The van der Waals surface area contributed by atoms with Gasteiger partial charge in [-0.05, 0) is 97.7 Å². The summed E-state index contributed by atoms with van der Waals surface area (Å²) in [6, 6.07) is 54.3. The van der Waals surface area contributed by atoms with Crippen molar-refractivity contribution >= 4 is 44.9 Å². The lowest BCUT2D eigenvalue weighted by Crippen LogP contribution is -2.43. The van der Waals surface area contributed by atoms with Gasteiger partial charge in [0.2, 0.25) is 0 Å². The van der Waals surface area contributed by atoms with E-state index in [4.69, 9.17) is 0 Å². The molecule has 0 unspecified atom stereocenters. The molecule has 7 aromatic rings. The van der Waals surface area contributed by atoms with Crippen molar-refractivity contribution in [2.75, 3.05) is 9.80 Å². The summed E-state index contributed by atoms with van der Waals surface area (Å²) in [6.07, 6.45) is 0. The number of rotatable bonds is 4. The molecular formula is C49H42N2. The van der Waals surface area contributed by atoms with Crippen molar-refractivity contribution in [1.29, 1.82) is 0 Å². The first-order chi connectivity index (χ1) is 24.6. The van der Waals surface area contributed by atoms with Crippen molar-refractivity contribution in [3.63, 3.8) is 0 Å². The first kappa shape index (κ1) is 30.2. The molecule has 0 aliphatic carbocycles. The van der Waals surface area contributed by atoms with Gasteiger partial charge in [-0.2, -0.15) is 0 Å². The van der Waals surface area contributed by atoms with Crippen LogP contribution in [0.3, 0.4) is 0 Å². The number of nitrogens with zero attached hydrogens (tertiary/aromatic N) is 2. The number of anilines is 6. The molecule has 2 nitrogen and oxygen atoms in total. The number of hydrogen-bond donors (Lipinski definition) is 0. The topological polar surface area (TPSA) is 6.48 Å². The summed E-state index contributed by atoms with van der Waals surface area (Å²) < 4.78 is 0. The van der Waals surface area contributed by atoms with Crippen LogP contribution in [-0.2, 0) is 16.2 Å². The fraction of sp³-hybridized carbons (Fsp3) is 0.184. The van der Waals surface area contributed by atoms with Crippen LogP contribution in [0, 0.1) is 0 Å². The third kappa shape index (κ3) is 4.05. The van der Waals surface area contributed by atoms with Gasteiger partial charge < -0.3 is 9.80 Å². The van der Waals surface area contributed by atoms with Gasteiger partial charge in [0.05, 0.1) is 17.1 Å². The Morgan fingerprint density at radius 3 is 1.37 bits per heavy atom. The molecule has 0 amide bonds. The summed E-state index contributed by atoms with van der Waals surface area (Å²) in [6.45, 7) is 14.5. The lowest BCUT2D eigenvalue weighted by atomic mass is 9.61. The lowest BCUT2D eigenvalue weighted by molar-refractivity contribution is 0.566. The summed E-state index contributed by atoms with van der Waals surface area (Å²) in [5.41, 5.74) is 17.9. The van der Waals surface area contributed by atoms with E-state index >= 15 is 0 Å². The van der Waals surface area contributed by atoms with Crippen molar-refractivity contribution in [2.24, 2.45) is 0 Å². The molecule has 2 heteroatoms. The Morgan fingerprint density at radius 1 is 0.353 bits per heavy atom. The highest BCUT2D eigenvalue weighted by atomic mass is 15.2. The highest BCUT2D eigenvalue weighted by molar-refractivity contribution is 5.99. The molecule has 0 fully saturated rings. The maximum atomic E-state index is 2.65. The second-order valence-corrected chi connectivity index (χ2v) is 16.3. The zero-order valence-electron chi connectivity index (χ0n) is 30.3. The molecule has 0 atom stereocenters. The molecular weight excluding hydrogens is 617 g/mol. The van der Waals surface area contributed by atoms with Crippen LogP contribution in [0.25, 0.3) is 21.9 Å². The largest absolute Gasteiger partial charge is 0.310 e. The van der Waals surface area contributed by atoms with Crippen molar-refractivity contribution in [2.45, 2.75) is 57.8 Å². The molecule has 3 aliphatic heterocycles. The minimum atomic E-state index is -0.208. The van der Waals surface area contributed by atoms with E-state index in [9.17, 15) is 0 Å². The van der Waals surface area contributed by atoms with Gasteiger partial charge in [0, 0.05) is 33.3 Å². The van der Waals surface area contributed by atoms with Gasteiger partial charge in [0.1, 0.15) is 0 Å². The third-order valence-corrected chi connectivity index (χ3v) is 12.4. The van der Waals surface area contributed by atoms with Gasteiger partial charge >= 0.3 is 0 Å². The molecule has 51 heavy (non-hydrogen) atoms. The van der Waals surface area contributed by atoms with E-state index < -0.39 is 0 Å². The smallest absolute Gasteiger partial charge is 0.0545 e. The Morgan fingerprint density at radius 2 is 0.804 bits per heavy atom. The number of hydrogen-bond acceptors (Lipinski definition) is 2. The highest BCUT2D eigenvalue weighted by Crippen LogP contribution is 2.66. The summed E-state index contributed by atoms with van der Waals surface area (Å²) in [5, 5.41) is 2.53. The van der Waals surface area contributed by atoms with Crippen LogP contribution in [0.2, 0.25) is 0 Å². The van der Waals surface area contributed by atoms with Crippen LogP contribution in [0.5, 0.6) is 0 Å². The van der Waals surface area contributed by atoms with E-state index in [1.807, 2.05) is 0 Å². The predicted molar refractivity (Wildman–Crippen MR) is 215 cm³/mol. The van der Waals surface area contributed by atoms with E-state index in [1.165, 1.54) is 78.0 Å². The van der Waals surface area contributed by atoms with Crippen LogP contribution in [0.4, 0.5) is 34.1 Å².